The molecule has 4 aromatic rings. The Labute approximate surface area is 187 Å². The average Bonchev–Trinajstić information content (AvgIpc) is 2.61. The van der Waals surface area contributed by atoms with Gasteiger partial charge in [0.2, 0.25) is 0 Å². The van der Waals surface area contributed by atoms with Gasteiger partial charge in [-0.1, -0.05) is 30.1 Å². The molecule has 0 atom stereocenters. The van der Waals surface area contributed by atoms with Crippen molar-refractivity contribution in [1.82, 2.24) is 16.1 Å². The van der Waals surface area contributed by atoms with Crippen molar-refractivity contribution in [2.45, 2.75) is 13.8 Å². The number of aromatic nitrogens is 2. The van der Waals surface area contributed by atoms with Crippen molar-refractivity contribution in [3.63, 3.8) is 0 Å². The van der Waals surface area contributed by atoms with E-state index >= 15 is 0 Å². The third-order valence-corrected chi connectivity index (χ3v) is 3.97. The second-order valence-electron chi connectivity index (χ2n) is 5.72. The Kier molecular flexibility index (Phi) is 11.0. The molecule has 2 aromatic carbocycles. The van der Waals surface area contributed by atoms with Crippen LogP contribution < -0.4 is 6.15 Å². The monoisotopic (exact) mass is 453 g/mol. The number of rotatable bonds is 1. The van der Waals surface area contributed by atoms with Crippen LogP contribution in [0.3, 0.4) is 0 Å². The molecule has 3 nitrogen and oxygen atoms in total. The summed E-state index contributed by atoms with van der Waals surface area (Å²) >= 11 is 5.59. The van der Waals surface area contributed by atoms with Crippen molar-refractivity contribution < 1.29 is 17.1 Å². The predicted molar refractivity (Wildman–Crippen MR) is 117 cm³/mol. The summed E-state index contributed by atoms with van der Waals surface area (Å²) < 4.78 is 0. The van der Waals surface area contributed by atoms with Gasteiger partial charge in [0.1, 0.15) is 0 Å². The molecule has 3 N–H and O–H groups in total. The van der Waals surface area contributed by atoms with E-state index in [1.165, 1.54) is 0 Å². The van der Waals surface area contributed by atoms with Gasteiger partial charge in [0.05, 0.1) is 11.0 Å². The maximum Gasteiger partial charge on any atom is 2.00 e. The molecule has 0 spiro atoms. The van der Waals surface area contributed by atoms with E-state index in [2.05, 4.69) is 46.9 Å². The van der Waals surface area contributed by atoms with Crippen molar-refractivity contribution in [2.75, 3.05) is 0 Å². The number of hydrogen-bond donors (Lipinski definition) is 1. The fourth-order valence-electron chi connectivity index (χ4n) is 2.51. The first-order valence-corrected chi connectivity index (χ1v) is 8.29. The maximum absolute atomic E-state index is 5.59. The van der Waals surface area contributed by atoms with Crippen LogP contribution in [0.1, 0.15) is 17.0 Å². The van der Waals surface area contributed by atoms with Crippen LogP contribution in [0.4, 0.5) is 0 Å². The molecule has 2 aromatic heterocycles. The Morgan fingerprint density at radius 3 is 2.00 bits per heavy atom. The Balaban J connectivity index is 0.000000574. The summed E-state index contributed by atoms with van der Waals surface area (Å²) in [6.45, 7) is 7.58. The van der Waals surface area contributed by atoms with Crippen LogP contribution in [-0.4, -0.2) is 9.97 Å². The molecule has 0 bridgehead atoms. The molecule has 4 rings (SSSR count). The van der Waals surface area contributed by atoms with E-state index in [1.807, 2.05) is 50.2 Å². The molecule has 0 saturated heterocycles. The van der Waals surface area contributed by atoms with E-state index in [0.29, 0.717) is 5.02 Å². The number of hydrogen-bond acceptors (Lipinski definition) is 3. The van der Waals surface area contributed by atoms with E-state index in [1.54, 1.807) is 0 Å². The fraction of sp³-hybridized carbons (Fsp3) is 0.0909. The van der Waals surface area contributed by atoms with Crippen LogP contribution in [0.2, 0.25) is 5.02 Å². The molecule has 0 fully saturated rings. The topological polar surface area (TPSA) is 60.8 Å². The van der Waals surface area contributed by atoms with Crippen molar-refractivity contribution >= 4 is 45.8 Å². The minimum absolute atomic E-state index is 0. The minimum Gasteiger partial charge on any atom is -0.344 e. The number of pyridine rings is 2. The number of halogens is 2. The number of aryl methyl sites for hydroxylation is 2. The number of benzene rings is 2. The van der Waals surface area contributed by atoms with E-state index in [-0.39, 0.29) is 35.6 Å². The van der Waals surface area contributed by atoms with Crippen molar-refractivity contribution in [3.05, 3.63) is 95.3 Å². The summed E-state index contributed by atoms with van der Waals surface area (Å²) in [5.74, 6) is 0. The first-order chi connectivity index (χ1) is 12.1. The average molecular weight is 454 g/mol. The molecule has 0 amide bonds. The molecule has 2 heterocycles. The molecular formula is C22H21Cl2FeN3. The van der Waals surface area contributed by atoms with Gasteiger partial charge >= 0.3 is 17.1 Å². The third kappa shape index (κ3) is 6.30. The van der Waals surface area contributed by atoms with Crippen LogP contribution in [0.5, 0.6) is 0 Å². The van der Waals surface area contributed by atoms with Crippen molar-refractivity contribution in [1.29, 1.82) is 0 Å². The van der Waals surface area contributed by atoms with E-state index < -0.39 is 0 Å². The minimum atomic E-state index is 0. The van der Waals surface area contributed by atoms with Gasteiger partial charge in [0.25, 0.3) is 0 Å². The zero-order chi connectivity index (χ0) is 17.8. The molecular weight excluding hydrogens is 433 g/mol. The predicted octanol–water partition coefficient (Wildman–Crippen LogP) is 6.46. The molecule has 6 heteroatoms. The second-order valence-corrected chi connectivity index (χ2v) is 6.12. The van der Waals surface area contributed by atoms with Crippen LogP contribution >= 0.6 is 24.0 Å². The normalized spacial score (nSPS) is 9.25. The summed E-state index contributed by atoms with van der Waals surface area (Å²) in [6, 6.07) is 20.8. The smallest absolute Gasteiger partial charge is 0.344 e. The van der Waals surface area contributed by atoms with Gasteiger partial charge in [-0.2, -0.15) is 42.5 Å². The molecule has 28 heavy (non-hydrogen) atoms. The quantitative estimate of drug-likeness (QED) is 0.204. The van der Waals surface area contributed by atoms with E-state index in [9.17, 15) is 0 Å². The molecule has 0 aliphatic carbocycles. The van der Waals surface area contributed by atoms with Gasteiger partial charge < -0.3 is 6.15 Å². The van der Waals surface area contributed by atoms with Crippen LogP contribution in [-0.2, 0) is 17.1 Å². The van der Waals surface area contributed by atoms with Crippen LogP contribution in [0.25, 0.3) is 21.8 Å². The Hall–Kier alpha value is -1.94. The van der Waals surface area contributed by atoms with Gasteiger partial charge in [0, 0.05) is 11.1 Å². The molecule has 0 radical (unpaired) electrons. The van der Waals surface area contributed by atoms with E-state index in [0.717, 1.165) is 38.8 Å². The Morgan fingerprint density at radius 2 is 1.46 bits per heavy atom. The maximum atomic E-state index is 5.59. The summed E-state index contributed by atoms with van der Waals surface area (Å²) in [4.78, 5) is 9.10. The summed E-state index contributed by atoms with van der Waals surface area (Å²) in [6.07, 6.45) is 2.81. The summed E-state index contributed by atoms with van der Waals surface area (Å²) in [5, 5.41) is 2.89. The van der Waals surface area contributed by atoms with Crippen LogP contribution in [0.15, 0.2) is 61.2 Å². The van der Waals surface area contributed by atoms with Crippen molar-refractivity contribution in [3.8, 4) is 0 Å². The van der Waals surface area contributed by atoms with Gasteiger partial charge in [0.15, 0.2) is 0 Å². The van der Waals surface area contributed by atoms with Gasteiger partial charge in [-0.25, -0.2) is 6.08 Å². The fourth-order valence-corrected chi connectivity index (χ4v) is 2.73. The largest absolute Gasteiger partial charge is 2.00 e. The van der Waals surface area contributed by atoms with E-state index in [4.69, 9.17) is 11.6 Å². The Morgan fingerprint density at radius 1 is 0.893 bits per heavy atom. The second kappa shape index (κ2) is 11.8. The third-order valence-electron chi connectivity index (χ3n) is 3.75. The van der Waals surface area contributed by atoms with Gasteiger partial charge in [-0.15, -0.1) is 35.8 Å². The molecule has 146 valence electrons. The van der Waals surface area contributed by atoms with Crippen molar-refractivity contribution in [2.24, 2.45) is 0 Å². The molecule has 0 aliphatic rings. The SMILES string of the molecule is C=[C-]c1ccc2ccc3ccc(C)nc3c2n1.Cc1[c-]c(Cl)ccc1.Cl.N.[Fe+2]. The summed E-state index contributed by atoms with van der Waals surface area (Å²) in [7, 11) is 0. The van der Waals surface area contributed by atoms with Gasteiger partial charge in [-0.05, 0) is 18.4 Å². The number of nitrogens with zero attached hydrogens (tertiary/aromatic N) is 2. The zero-order valence-electron chi connectivity index (χ0n) is 15.6. The standard InChI is InChI=1S/C15H11N2.C7H6Cl.ClH.Fe.H3N/c1-3-13-9-8-12-7-6-11-5-4-10(2)16-14(11)15(12)17-13;1-6-3-2-4-7(8)5-6;;;/h4-9H,1H2,2H3;2-4H,1H3;1H;;1H3/q2*-1;;+2;. The molecule has 0 unspecified atom stereocenters. The first kappa shape index (κ1) is 26.1. The summed E-state index contributed by atoms with van der Waals surface area (Å²) in [5.41, 5.74) is 4.70. The first-order valence-electron chi connectivity index (χ1n) is 7.91. The zero-order valence-corrected chi connectivity index (χ0v) is 18.3. The Bertz CT molecular complexity index is 1050. The molecule has 0 saturated carbocycles. The van der Waals surface area contributed by atoms with Crippen LogP contribution in [0, 0.1) is 26.0 Å². The molecule has 0 aliphatic heterocycles. The van der Waals surface area contributed by atoms with Gasteiger partial charge in [-0.3, -0.25) is 9.97 Å². The number of fused-ring (bicyclic) bond motifs is 3.